The van der Waals surface area contributed by atoms with Crippen LogP contribution < -0.4 is 21.2 Å². The molecule has 64 heavy (non-hydrogen) atoms. The number of para-hydroxylation sites is 3. The van der Waals surface area contributed by atoms with Gasteiger partial charge in [0.15, 0.2) is 5.11 Å². The van der Waals surface area contributed by atoms with E-state index in [1.165, 1.54) is 54.9 Å². The lowest BCUT2D eigenvalue weighted by Gasteiger charge is -2.27. The monoisotopic (exact) mass is 864 g/mol. The summed E-state index contributed by atoms with van der Waals surface area (Å²) in [6, 6.07) is 80.5. The number of thiocarbonyl (C=S) groups is 1. The topological polar surface area (TPSA) is 55.6 Å². The number of fused-ring (bicyclic) bond motifs is 2. The highest BCUT2D eigenvalue weighted by Crippen LogP contribution is 2.46. The third-order valence-corrected chi connectivity index (χ3v) is 15.0. The lowest BCUT2D eigenvalue weighted by molar-refractivity contribution is 0.672. The van der Waals surface area contributed by atoms with E-state index in [1.54, 1.807) is 0 Å². The lowest BCUT2D eigenvalue weighted by Crippen LogP contribution is -2.42. The molecule has 6 heteroatoms. The van der Waals surface area contributed by atoms with Crippen molar-refractivity contribution in [2.24, 2.45) is 0 Å². The number of hydrogen-bond acceptors (Lipinski definition) is 1. The van der Waals surface area contributed by atoms with Gasteiger partial charge in [0.2, 0.25) is 0 Å². The summed E-state index contributed by atoms with van der Waals surface area (Å²) in [6.07, 6.45) is 2.44. The molecule has 0 radical (unpaired) electrons. The van der Waals surface area contributed by atoms with Crippen molar-refractivity contribution in [2.75, 3.05) is 11.5 Å². The van der Waals surface area contributed by atoms with Gasteiger partial charge in [0.25, 0.3) is 0 Å². The highest BCUT2D eigenvalue weighted by atomic mass is 32.1. The Hall–Kier alpha value is -7.04. The van der Waals surface area contributed by atoms with E-state index in [0.717, 1.165) is 40.6 Å². The Morgan fingerprint density at radius 2 is 0.984 bits per heavy atom. The second-order valence-electron chi connectivity index (χ2n) is 16.3. The molecule has 4 nitrogen and oxygen atoms in total. The number of aromatic amines is 2. The molecule has 10 aromatic rings. The average molecular weight is 865 g/mol. The smallest absolute Gasteiger partial charge is 0.171 e. The third-order valence-electron chi connectivity index (χ3n) is 12.2. The van der Waals surface area contributed by atoms with Gasteiger partial charge in [-0.05, 0) is 83.8 Å². The number of benzene rings is 8. The number of hydrogen-bond donors (Lipinski definition) is 4. The molecule has 0 bridgehead atoms. The van der Waals surface area contributed by atoms with Crippen LogP contribution in [0.2, 0.25) is 0 Å². The van der Waals surface area contributed by atoms with E-state index in [4.69, 9.17) is 12.2 Å². The fraction of sp³-hybridized carbons (Fsp3) is 0.0862. The molecule has 0 aliphatic heterocycles. The van der Waals surface area contributed by atoms with Gasteiger partial charge in [0.05, 0.1) is 0 Å². The largest absolute Gasteiger partial charge is 0.359 e. The predicted molar refractivity (Wildman–Crippen MR) is 276 cm³/mol. The van der Waals surface area contributed by atoms with Gasteiger partial charge < -0.3 is 20.6 Å². The van der Waals surface area contributed by atoms with Crippen molar-refractivity contribution in [3.63, 3.8) is 0 Å². The summed E-state index contributed by atoms with van der Waals surface area (Å²) in [4.78, 5) is 7.88. The first-order chi connectivity index (χ1) is 31.7. The molecule has 0 fully saturated rings. The van der Waals surface area contributed by atoms with Crippen molar-refractivity contribution >= 4 is 63.4 Å². The Kier molecular flexibility index (Phi) is 12.3. The highest BCUT2D eigenvalue weighted by Gasteiger charge is 2.28. The number of rotatable bonds is 14. The van der Waals surface area contributed by atoms with Crippen molar-refractivity contribution < 1.29 is 0 Å². The molecule has 0 saturated carbocycles. The summed E-state index contributed by atoms with van der Waals surface area (Å²) in [7, 11) is -0.655. The molecule has 0 aliphatic rings. The number of H-pyrrole nitrogens is 2. The molecule has 2 heterocycles. The number of anilines is 1. The molecule has 0 saturated heterocycles. The van der Waals surface area contributed by atoms with Crippen LogP contribution in [-0.2, 0) is 12.8 Å². The zero-order chi connectivity index (χ0) is 43.1. The summed E-state index contributed by atoms with van der Waals surface area (Å²) < 4.78 is 0. The fourth-order valence-corrected chi connectivity index (χ4v) is 12.0. The molecule has 10 rings (SSSR count). The van der Waals surface area contributed by atoms with Crippen LogP contribution in [0.4, 0.5) is 5.69 Å². The molecule has 0 spiro atoms. The van der Waals surface area contributed by atoms with Crippen molar-refractivity contribution in [1.29, 1.82) is 0 Å². The molecule has 1 atom stereocenters. The van der Waals surface area contributed by atoms with Crippen molar-refractivity contribution in [1.82, 2.24) is 15.3 Å². The summed E-state index contributed by atoms with van der Waals surface area (Å²) in [5.74, 6) is -0.0163. The maximum atomic E-state index is 6.25. The zero-order valence-corrected chi connectivity index (χ0v) is 37.2. The lowest BCUT2D eigenvalue weighted by atomic mass is 9.84. The van der Waals surface area contributed by atoms with Crippen LogP contribution in [0.5, 0.6) is 0 Å². The minimum absolute atomic E-state index is 0.0163. The van der Waals surface area contributed by atoms with E-state index in [1.807, 2.05) is 0 Å². The second kappa shape index (κ2) is 19.1. The SMILES string of the molecule is S=C(Nc1ccccc1Cc1[nH]c2ccccc2c1-c1c(C(c2ccccc2)c2ccccc2)[nH]c2ccccc12)N[C@H](Cc1ccccc1)CP(c1ccccc1)c1ccccc1. The third kappa shape index (κ3) is 8.92. The van der Waals surface area contributed by atoms with Gasteiger partial charge in [-0.1, -0.05) is 206 Å². The maximum Gasteiger partial charge on any atom is 0.171 e. The summed E-state index contributed by atoms with van der Waals surface area (Å²) in [5, 5.41) is 13.3. The molecule has 0 unspecified atom stereocenters. The Morgan fingerprint density at radius 3 is 1.59 bits per heavy atom. The van der Waals surface area contributed by atoms with Crippen LogP contribution >= 0.6 is 20.1 Å². The Bertz CT molecular complexity index is 3030. The normalized spacial score (nSPS) is 11.9. The molecule has 312 valence electrons. The van der Waals surface area contributed by atoms with E-state index in [2.05, 4.69) is 245 Å². The molecule has 2 aromatic heterocycles. The average Bonchev–Trinajstić information content (AvgIpc) is 3.90. The van der Waals surface area contributed by atoms with Crippen LogP contribution in [0.3, 0.4) is 0 Å². The number of nitrogens with one attached hydrogen (secondary N) is 4. The van der Waals surface area contributed by atoms with E-state index in [-0.39, 0.29) is 12.0 Å². The van der Waals surface area contributed by atoms with Gasteiger partial charge in [-0.15, -0.1) is 0 Å². The van der Waals surface area contributed by atoms with Gasteiger partial charge in [0.1, 0.15) is 0 Å². The second-order valence-corrected chi connectivity index (χ2v) is 19.0. The minimum atomic E-state index is -0.655. The van der Waals surface area contributed by atoms with Crippen LogP contribution in [0.25, 0.3) is 32.9 Å². The molecular weight excluding hydrogens is 816 g/mol. The van der Waals surface area contributed by atoms with Crippen LogP contribution in [0.15, 0.2) is 224 Å². The molecule has 0 amide bonds. The molecular formula is C58H49N4PS. The van der Waals surface area contributed by atoms with Crippen molar-refractivity contribution in [3.05, 3.63) is 258 Å². The first-order valence-corrected chi connectivity index (χ1v) is 24.0. The Labute approximate surface area is 382 Å². The summed E-state index contributed by atoms with van der Waals surface area (Å²) >= 11 is 6.25. The maximum absolute atomic E-state index is 6.25. The predicted octanol–water partition coefficient (Wildman–Crippen LogP) is 13.1. The number of aromatic nitrogens is 2. The van der Waals surface area contributed by atoms with E-state index >= 15 is 0 Å². The van der Waals surface area contributed by atoms with E-state index in [0.29, 0.717) is 11.5 Å². The Balaban J connectivity index is 1.01. The van der Waals surface area contributed by atoms with Crippen LogP contribution in [-0.4, -0.2) is 27.3 Å². The zero-order valence-electron chi connectivity index (χ0n) is 35.5. The highest BCUT2D eigenvalue weighted by molar-refractivity contribution is 7.80. The quantitative estimate of drug-likeness (QED) is 0.0651. The first kappa shape index (κ1) is 41.0. The van der Waals surface area contributed by atoms with E-state index < -0.39 is 7.92 Å². The van der Waals surface area contributed by atoms with Crippen molar-refractivity contribution in [3.8, 4) is 11.1 Å². The minimum Gasteiger partial charge on any atom is -0.359 e. The summed E-state index contributed by atoms with van der Waals surface area (Å²) in [6.45, 7) is 0. The summed E-state index contributed by atoms with van der Waals surface area (Å²) in [5.41, 5.74) is 12.9. The molecule has 8 aromatic carbocycles. The first-order valence-electron chi connectivity index (χ1n) is 22.0. The van der Waals surface area contributed by atoms with Crippen LogP contribution in [0, 0.1) is 0 Å². The van der Waals surface area contributed by atoms with Crippen molar-refractivity contribution in [2.45, 2.75) is 24.8 Å². The van der Waals surface area contributed by atoms with Gasteiger partial charge in [-0.25, -0.2) is 0 Å². The Morgan fingerprint density at radius 1 is 0.500 bits per heavy atom. The van der Waals surface area contributed by atoms with Gasteiger partial charge in [0, 0.05) is 68.4 Å². The van der Waals surface area contributed by atoms with Gasteiger partial charge in [-0.3, -0.25) is 0 Å². The van der Waals surface area contributed by atoms with Crippen LogP contribution in [0.1, 0.15) is 39.6 Å². The fourth-order valence-electron chi connectivity index (χ4n) is 9.27. The molecule has 0 aliphatic carbocycles. The van der Waals surface area contributed by atoms with E-state index in [9.17, 15) is 0 Å². The standard InChI is InChI=1S/C58H49N4PS/c64-58(59-45(38-41-22-6-1-7-23-41)40-63(46-29-12-4-13-30-46)47-31-14-5-15-32-47)62-50-35-19-16-28-44(50)39-53-55(48-33-17-20-36-51(48)60-53)56-49-34-18-21-37-52(49)61-57(56)54(42-24-8-2-9-25-42)43-26-10-3-11-27-43/h1-37,45,54,60-61H,38-40H2,(H2,59,62,64)/t45-/m1/s1. The molecule has 4 N–H and O–H groups in total. The van der Waals surface area contributed by atoms with Gasteiger partial charge >= 0.3 is 0 Å². The van der Waals surface area contributed by atoms with Gasteiger partial charge in [-0.2, -0.15) is 0 Å².